The second kappa shape index (κ2) is 27.2. The second-order valence-electron chi connectivity index (χ2n) is 22.2. The quantitative estimate of drug-likeness (QED) is 0.0503. The predicted octanol–water partition coefficient (Wildman–Crippen LogP) is 2.36. The Labute approximate surface area is 420 Å². The first-order valence-electron chi connectivity index (χ1n) is 24.4. The molecule has 3 aliphatic rings. The van der Waals surface area contributed by atoms with E-state index >= 15 is 0 Å². The summed E-state index contributed by atoms with van der Waals surface area (Å²) in [5.74, 6) is -0.780. The zero-order chi connectivity index (χ0) is 54.3. The molecule has 71 heavy (non-hydrogen) atoms. The van der Waals surface area contributed by atoms with E-state index in [1.54, 1.807) is 82.2 Å². The number of rotatable bonds is 19. The number of ether oxygens (including phenoxy) is 8. The zero-order valence-corrected chi connectivity index (χ0v) is 44.5. The molecular formula is C48H89N7O16. The van der Waals surface area contributed by atoms with Gasteiger partial charge in [0.15, 0.2) is 12.2 Å². The van der Waals surface area contributed by atoms with E-state index in [-0.39, 0.29) is 38.3 Å². The Morgan fingerprint density at radius 3 is 1.82 bits per heavy atom. The lowest BCUT2D eigenvalue weighted by molar-refractivity contribution is -0.313. The van der Waals surface area contributed by atoms with Crippen molar-refractivity contribution in [3.05, 3.63) is 24.3 Å². The molecule has 0 bridgehead atoms. The number of carbonyl (C=O) groups is 4. The average Bonchev–Trinajstić information content (AvgIpc) is 3.18. The van der Waals surface area contributed by atoms with Gasteiger partial charge in [0.2, 0.25) is 12.2 Å². The van der Waals surface area contributed by atoms with Crippen molar-refractivity contribution in [2.45, 2.75) is 218 Å². The number of nitrogens with one attached hydrogen (secondary N) is 5. The van der Waals surface area contributed by atoms with Crippen LogP contribution in [0.4, 0.5) is 14.4 Å². The highest BCUT2D eigenvalue weighted by Crippen LogP contribution is 2.36. The van der Waals surface area contributed by atoms with Crippen LogP contribution in [0.15, 0.2) is 24.3 Å². The lowest BCUT2D eigenvalue weighted by atomic mass is 9.80. The molecule has 1 saturated carbocycles. The van der Waals surface area contributed by atoms with E-state index in [2.05, 4.69) is 37.9 Å². The first kappa shape index (κ1) is 62.9. The molecule has 23 nitrogen and oxygen atoms in total. The Hall–Kier alpha value is -4.20. The number of alkyl carbamates (subject to hydrolysis) is 2. The maximum absolute atomic E-state index is 13.7. The predicted molar refractivity (Wildman–Crippen MR) is 262 cm³/mol. The highest BCUT2D eigenvalue weighted by atomic mass is 16.7. The summed E-state index contributed by atoms with van der Waals surface area (Å²) in [6.07, 6.45) is -9.60. The van der Waals surface area contributed by atoms with Crippen molar-refractivity contribution in [1.29, 1.82) is 0 Å². The van der Waals surface area contributed by atoms with Gasteiger partial charge >= 0.3 is 18.3 Å². The van der Waals surface area contributed by atoms with Crippen LogP contribution in [-0.4, -0.2) is 167 Å². The summed E-state index contributed by atoms with van der Waals surface area (Å²) in [4.78, 5) is 50.3. The molecule has 2 fully saturated rings. The van der Waals surface area contributed by atoms with Gasteiger partial charge in [-0.05, 0) is 148 Å². The van der Waals surface area contributed by atoms with E-state index in [0.717, 1.165) is 0 Å². The molecule has 1 saturated heterocycles. The van der Waals surface area contributed by atoms with Crippen molar-refractivity contribution in [1.82, 2.24) is 26.6 Å². The largest absolute Gasteiger partial charge is 0.474 e. The molecule has 0 aromatic carbocycles. The number of aliphatic hydroxyl groups excluding tert-OH is 3. The van der Waals surface area contributed by atoms with E-state index in [0.29, 0.717) is 38.2 Å². The van der Waals surface area contributed by atoms with Gasteiger partial charge in [-0.2, -0.15) is 0 Å². The van der Waals surface area contributed by atoms with E-state index in [1.807, 2.05) is 20.8 Å². The molecule has 12 atom stereocenters. The molecule has 4 amide bonds. The summed E-state index contributed by atoms with van der Waals surface area (Å²) in [6, 6.07) is -3.14. The molecule has 2 aliphatic heterocycles. The number of carbonyl (C=O) groups excluding carboxylic acids is 4. The van der Waals surface area contributed by atoms with Gasteiger partial charge in [-0.3, -0.25) is 4.79 Å². The summed E-state index contributed by atoms with van der Waals surface area (Å²) >= 11 is 0. The summed E-state index contributed by atoms with van der Waals surface area (Å²) in [6.45, 7) is 29.5. The minimum atomic E-state index is -1.72. The first-order valence-corrected chi connectivity index (χ1v) is 24.4. The van der Waals surface area contributed by atoms with Gasteiger partial charge in [0.25, 0.3) is 0 Å². The molecule has 0 aromatic heterocycles. The number of hydrogen-bond acceptors (Lipinski definition) is 19. The smallest absolute Gasteiger partial charge is 0.408 e. The fourth-order valence-electron chi connectivity index (χ4n) is 7.80. The van der Waals surface area contributed by atoms with Gasteiger partial charge in [0.1, 0.15) is 58.7 Å². The molecule has 0 spiro atoms. The maximum Gasteiger partial charge on any atom is 0.408 e. The molecule has 2 heterocycles. The van der Waals surface area contributed by atoms with E-state index in [1.165, 1.54) is 0 Å². The van der Waals surface area contributed by atoms with Crippen LogP contribution in [0.5, 0.6) is 0 Å². The van der Waals surface area contributed by atoms with Crippen molar-refractivity contribution < 1.29 is 77.5 Å². The van der Waals surface area contributed by atoms with Crippen molar-refractivity contribution in [2.75, 3.05) is 32.8 Å². The third-order valence-corrected chi connectivity index (χ3v) is 10.7. The second-order valence-corrected chi connectivity index (χ2v) is 22.2. The van der Waals surface area contributed by atoms with Crippen molar-refractivity contribution in [3.8, 4) is 0 Å². The Morgan fingerprint density at radius 1 is 0.803 bits per heavy atom. The Morgan fingerprint density at radius 2 is 1.32 bits per heavy atom. The normalized spacial score (nSPS) is 28.5. The summed E-state index contributed by atoms with van der Waals surface area (Å²) < 4.78 is 46.5. The highest BCUT2D eigenvalue weighted by molar-refractivity contribution is 5.81. The topological polar surface area (TPSA) is 335 Å². The van der Waals surface area contributed by atoms with Crippen LogP contribution in [0.2, 0.25) is 0 Å². The van der Waals surface area contributed by atoms with Crippen LogP contribution in [0, 0.1) is 5.92 Å². The maximum atomic E-state index is 13.7. The van der Waals surface area contributed by atoms with E-state index < -0.39 is 119 Å². The number of hydrogen-bond donors (Lipinski definition) is 11. The zero-order valence-electron chi connectivity index (χ0n) is 44.5. The molecule has 412 valence electrons. The van der Waals surface area contributed by atoms with Gasteiger partial charge in [-0.1, -0.05) is 6.92 Å². The third kappa shape index (κ3) is 23.5. The molecule has 0 aromatic rings. The summed E-state index contributed by atoms with van der Waals surface area (Å²) in [5, 5.41) is 60.5. The molecule has 1 aliphatic carbocycles. The summed E-state index contributed by atoms with van der Waals surface area (Å²) in [5.41, 5.74) is 6.25. The van der Waals surface area contributed by atoms with Gasteiger partial charge < -0.3 is 96.4 Å². The Kier molecular flexibility index (Phi) is 24.1. The molecule has 4 unspecified atom stereocenters. The van der Waals surface area contributed by atoms with Crippen LogP contribution >= 0.6 is 0 Å². The molecule has 23 heteroatoms. The third-order valence-electron chi connectivity index (χ3n) is 10.7. The monoisotopic (exact) mass is 1020 g/mol. The Bertz CT molecular complexity index is 1740. The van der Waals surface area contributed by atoms with Gasteiger partial charge in [-0.15, -0.1) is 0 Å². The van der Waals surface area contributed by atoms with Gasteiger partial charge in [0.05, 0.1) is 36.9 Å². The summed E-state index contributed by atoms with van der Waals surface area (Å²) in [7, 11) is 0. The SMILES string of the molecule is C=C(NCC[C@H](O)C(=O)NC1CC(NC(=O)OC(C)(C)C)[C@@H](O[C@H]2OC(CNCCCN)=CC[C@H]2NC(=O)OC(C)(C)C)C(O)[C@H]1O[C@H]1OC[C@](C)(O)[C@H](CC)C1O)OC(C)(C)C.CC(C)(C)OC(N)=O. The minimum Gasteiger partial charge on any atom is -0.474 e. The van der Waals surface area contributed by atoms with Crippen molar-refractivity contribution >= 4 is 24.2 Å². The highest BCUT2D eigenvalue weighted by Gasteiger charge is 2.53. The minimum absolute atomic E-state index is 0.0653. The molecule has 0 radical (unpaired) electrons. The van der Waals surface area contributed by atoms with Crippen LogP contribution in [0.3, 0.4) is 0 Å². The Balaban J connectivity index is 0.00000198. The van der Waals surface area contributed by atoms with Crippen LogP contribution < -0.4 is 38.1 Å². The van der Waals surface area contributed by atoms with Crippen LogP contribution in [0.25, 0.3) is 0 Å². The fraction of sp³-hybridized carbons (Fsp3) is 0.833. The first-order chi connectivity index (χ1) is 32.5. The number of aliphatic hydroxyl groups is 4. The van der Waals surface area contributed by atoms with Gasteiger partial charge in [-0.25, -0.2) is 14.4 Å². The van der Waals surface area contributed by atoms with Gasteiger partial charge in [0, 0.05) is 12.5 Å². The number of nitrogens with two attached hydrogens (primary N) is 2. The average molecular weight is 1020 g/mol. The van der Waals surface area contributed by atoms with E-state index in [9.17, 15) is 39.6 Å². The fourth-order valence-corrected chi connectivity index (χ4v) is 7.80. The molecule has 3 rings (SSSR count). The standard InChI is InChI=1S/C43H78N6O14.C5H11NO2/c1-13-26-31(51)37(57-23-43(26,12)56)60-33-28(47-35(53)30(50)17-20-46-24(2)61-40(3,4)5)21-29(49-39(55)63-42(9,10)11)34(32(33)52)59-36-27(48-38(54)62-41(6,7)8)16-15-25(58-36)22-45-19-14-18-44;1-5(2,3)8-4(6)7/h15,26-34,36-37,45-46,50-52,56H,2,13-14,16-23,44H2,1,3-12H3,(H,47,53)(H,48,54)(H,49,55);1-3H3,(H2,6,7)/t26-,27-,28?,29?,30+,31?,32?,33+,34-,36-,37-,43+;/m1./s1. The molecule has 13 N–H and O–H groups in total. The molecular weight excluding hydrogens is 931 g/mol. The van der Waals surface area contributed by atoms with Crippen molar-refractivity contribution in [3.63, 3.8) is 0 Å². The van der Waals surface area contributed by atoms with E-state index in [4.69, 9.17) is 44.6 Å². The van der Waals surface area contributed by atoms with Crippen molar-refractivity contribution in [2.24, 2.45) is 17.4 Å². The van der Waals surface area contributed by atoms with Crippen LogP contribution in [-0.2, 0) is 42.7 Å². The number of amides is 4. The number of primary amides is 1. The van der Waals surface area contributed by atoms with Crippen LogP contribution in [0.1, 0.15) is 129 Å². The lowest BCUT2D eigenvalue weighted by Gasteiger charge is -2.49. The lowest BCUT2D eigenvalue weighted by Crippen LogP contribution is -2.69.